The van der Waals surface area contributed by atoms with E-state index in [4.69, 9.17) is 0 Å². The highest BCUT2D eigenvalue weighted by Gasteiger charge is 2.24. The minimum Gasteiger partial charge on any atom is -0.477 e. The molecular weight excluding hydrogens is 264 g/mol. The Morgan fingerprint density at radius 2 is 2.05 bits per heavy atom. The van der Waals surface area contributed by atoms with Crippen LogP contribution in [0.1, 0.15) is 43.1 Å². The highest BCUT2D eigenvalue weighted by Crippen LogP contribution is 2.32. The fourth-order valence-corrected chi connectivity index (χ4v) is 3.31. The minimum atomic E-state index is -0.968. The summed E-state index contributed by atoms with van der Waals surface area (Å²) in [4.78, 5) is 18.1. The molecule has 0 unspecified atom stereocenters. The molecule has 21 heavy (non-hydrogen) atoms. The molecule has 1 aromatic carbocycles. The third kappa shape index (κ3) is 2.58. The van der Waals surface area contributed by atoms with Gasteiger partial charge in [-0.2, -0.15) is 0 Å². The maximum Gasteiger partial charge on any atom is 0.354 e. The molecule has 1 fully saturated rings. The van der Waals surface area contributed by atoms with Crippen LogP contribution in [0.4, 0.5) is 5.82 Å². The van der Waals surface area contributed by atoms with Gasteiger partial charge in [0.15, 0.2) is 5.69 Å². The van der Waals surface area contributed by atoms with Crippen LogP contribution >= 0.6 is 0 Å². The van der Waals surface area contributed by atoms with E-state index in [0.717, 1.165) is 23.1 Å². The normalized spacial score (nSPS) is 15.5. The van der Waals surface area contributed by atoms with Gasteiger partial charge in [-0.1, -0.05) is 37.1 Å². The molecule has 0 aliphatic heterocycles. The topological polar surface area (TPSA) is 53.4 Å². The number of carboxylic acids is 1. The van der Waals surface area contributed by atoms with E-state index in [1.54, 1.807) is 6.07 Å². The van der Waals surface area contributed by atoms with Gasteiger partial charge in [-0.3, -0.25) is 0 Å². The van der Waals surface area contributed by atoms with Crippen molar-refractivity contribution in [3.8, 4) is 0 Å². The molecule has 4 nitrogen and oxygen atoms in total. The van der Waals surface area contributed by atoms with Crippen LogP contribution in [0.5, 0.6) is 0 Å². The van der Waals surface area contributed by atoms with Crippen molar-refractivity contribution in [1.82, 2.24) is 4.98 Å². The summed E-state index contributed by atoms with van der Waals surface area (Å²) in [6.07, 6.45) is 4.83. The third-order valence-electron chi connectivity index (χ3n) is 4.32. The van der Waals surface area contributed by atoms with Gasteiger partial charge >= 0.3 is 5.97 Å². The zero-order chi connectivity index (χ0) is 14.8. The van der Waals surface area contributed by atoms with Crippen molar-refractivity contribution < 1.29 is 9.90 Å². The summed E-state index contributed by atoms with van der Waals surface area (Å²) in [5.41, 5.74) is 0.125. The smallest absolute Gasteiger partial charge is 0.354 e. The van der Waals surface area contributed by atoms with Gasteiger partial charge in [-0.25, -0.2) is 9.78 Å². The Balaban J connectivity index is 2.16. The summed E-state index contributed by atoms with van der Waals surface area (Å²) < 4.78 is 0. The third-order valence-corrected chi connectivity index (χ3v) is 4.32. The van der Waals surface area contributed by atoms with E-state index in [9.17, 15) is 9.90 Å². The summed E-state index contributed by atoms with van der Waals surface area (Å²) in [7, 11) is 0. The molecule has 4 heteroatoms. The van der Waals surface area contributed by atoms with Crippen molar-refractivity contribution in [2.24, 2.45) is 0 Å². The lowest BCUT2D eigenvalue weighted by Gasteiger charge is -2.30. The van der Waals surface area contributed by atoms with Gasteiger partial charge in [-0.05, 0) is 31.2 Å². The monoisotopic (exact) mass is 284 g/mol. The number of nitrogens with zero attached hydrogens (tertiary/aromatic N) is 2. The molecule has 1 heterocycles. The number of carbonyl (C=O) groups is 1. The average Bonchev–Trinajstić information content (AvgIpc) is 3.02. The fraction of sp³-hybridized carbons (Fsp3) is 0.412. The Bertz CT molecular complexity index is 663. The van der Waals surface area contributed by atoms with E-state index in [-0.39, 0.29) is 5.69 Å². The van der Waals surface area contributed by atoms with Gasteiger partial charge in [0.2, 0.25) is 0 Å². The van der Waals surface area contributed by atoms with Crippen molar-refractivity contribution in [3.63, 3.8) is 0 Å². The number of carboxylic acid groups (broad SMARTS) is 1. The lowest BCUT2D eigenvalue weighted by atomic mass is 10.1. The van der Waals surface area contributed by atoms with Gasteiger partial charge in [-0.15, -0.1) is 0 Å². The van der Waals surface area contributed by atoms with Crippen molar-refractivity contribution >= 4 is 22.6 Å². The van der Waals surface area contributed by atoms with Gasteiger partial charge in [0, 0.05) is 18.0 Å². The molecular formula is C17H20N2O2. The van der Waals surface area contributed by atoms with Gasteiger partial charge in [0.05, 0.1) is 0 Å². The lowest BCUT2D eigenvalue weighted by molar-refractivity contribution is 0.0691. The molecule has 2 aromatic rings. The number of rotatable bonds is 4. The SMILES string of the molecule is CCN(c1nc(C(=O)O)cc2ccccc12)C1CCCC1. The second-order valence-corrected chi connectivity index (χ2v) is 5.58. The van der Waals surface area contributed by atoms with Crippen molar-refractivity contribution in [3.05, 3.63) is 36.0 Å². The molecule has 0 saturated heterocycles. The molecule has 0 radical (unpaired) electrons. The Labute approximate surface area is 124 Å². The van der Waals surface area contributed by atoms with E-state index in [0.29, 0.717) is 6.04 Å². The van der Waals surface area contributed by atoms with E-state index < -0.39 is 5.97 Å². The zero-order valence-electron chi connectivity index (χ0n) is 12.2. The Morgan fingerprint density at radius 1 is 1.33 bits per heavy atom. The van der Waals surface area contributed by atoms with Crippen molar-refractivity contribution in [1.29, 1.82) is 0 Å². The lowest BCUT2D eigenvalue weighted by Crippen LogP contribution is -2.34. The predicted molar refractivity (Wildman–Crippen MR) is 84.0 cm³/mol. The number of aromatic nitrogens is 1. The molecule has 1 N–H and O–H groups in total. The standard InChI is InChI=1S/C17H20N2O2/c1-2-19(13-8-4-5-9-13)16-14-10-6-3-7-12(14)11-15(18-16)17(20)21/h3,6-7,10-11,13H,2,4-5,8-9H2,1H3,(H,20,21). The van der Waals surface area contributed by atoms with Crippen LogP contribution < -0.4 is 4.90 Å². The van der Waals surface area contributed by atoms with E-state index >= 15 is 0 Å². The van der Waals surface area contributed by atoms with Crippen molar-refractivity contribution in [2.75, 3.05) is 11.4 Å². The van der Waals surface area contributed by atoms with Crippen LogP contribution in [-0.2, 0) is 0 Å². The Morgan fingerprint density at radius 3 is 2.71 bits per heavy atom. The van der Waals surface area contributed by atoms with Gasteiger partial charge in [0.1, 0.15) is 5.82 Å². The molecule has 0 bridgehead atoms. The largest absolute Gasteiger partial charge is 0.477 e. The minimum absolute atomic E-state index is 0.125. The zero-order valence-corrected chi connectivity index (χ0v) is 12.2. The van der Waals surface area contributed by atoms with Crippen LogP contribution in [-0.4, -0.2) is 28.6 Å². The molecule has 3 rings (SSSR count). The average molecular weight is 284 g/mol. The maximum atomic E-state index is 11.3. The molecule has 0 spiro atoms. The maximum absolute atomic E-state index is 11.3. The highest BCUT2D eigenvalue weighted by molar-refractivity contribution is 5.98. The van der Waals surface area contributed by atoms with Crippen LogP contribution in [0.15, 0.2) is 30.3 Å². The summed E-state index contributed by atoms with van der Waals surface area (Å²) in [6, 6.07) is 10.0. The molecule has 110 valence electrons. The van der Waals surface area contributed by atoms with E-state index in [2.05, 4.69) is 16.8 Å². The second kappa shape index (κ2) is 5.72. The highest BCUT2D eigenvalue weighted by atomic mass is 16.4. The molecule has 1 aromatic heterocycles. The summed E-state index contributed by atoms with van der Waals surface area (Å²) in [5, 5.41) is 11.3. The van der Waals surface area contributed by atoms with E-state index in [1.165, 1.54) is 25.7 Å². The molecule has 0 atom stereocenters. The van der Waals surface area contributed by atoms with Gasteiger partial charge < -0.3 is 10.0 Å². The van der Waals surface area contributed by atoms with Crippen LogP contribution in [0.2, 0.25) is 0 Å². The summed E-state index contributed by atoms with van der Waals surface area (Å²) >= 11 is 0. The van der Waals surface area contributed by atoms with Crippen LogP contribution in [0.3, 0.4) is 0 Å². The quantitative estimate of drug-likeness (QED) is 0.930. The predicted octanol–water partition coefficient (Wildman–Crippen LogP) is 3.70. The summed E-state index contributed by atoms with van der Waals surface area (Å²) in [5.74, 6) is -0.149. The van der Waals surface area contributed by atoms with Crippen molar-refractivity contribution in [2.45, 2.75) is 38.6 Å². The van der Waals surface area contributed by atoms with Crippen LogP contribution in [0, 0.1) is 0 Å². The second-order valence-electron chi connectivity index (χ2n) is 5.58. The first-order chi connectivity index (χ1) is 10.2. The summed E-state index contributed by atoms with van der Waals surface area (Å²) in [6.45, 7) is 2.97. The number of anilines is 1. The van der Waals surface area contributed by atoms with Gasteiger partial charge in [0.25, 0.3) is 0 Å². The number of benzene rings is 1. The molecule has 0 amide bonds. The number of hydrogen-bond acceptors (Lipinski definition) is 3. The molecule has 1 saturated carbocycles. The first-order valence-corrected chi connectivity index (χ1v) is 7.60. The molecule has 1 aliphatic rings. The first-order valence-electron chi connectivity index (χ1n) is 7.60. The van der Waals surface area contributed by atoms with Crippen LogP contribution in [0.25, 0.3) is 10.8 Å². The number of fused-ring (bicyclic) bond motifs is 1. The Kier molecular flexibility index (Phi) is 3.78. The molecule has 1 aliphatic carbocycles. The Hall–Kier alpha value is -2.10. The number of aromatic carboxylic acids is 1. The van der Waals surface area contributed by atoms with E-state index in [1.807, 2.05) is 24.3 Å². The number of hydrogen-bond donors (Lipinski definition) is 1. The first kappa shape index (κ1) is 13.9. The number of pyridine rings is 1. The fourth-order valence-electron chi connectivity index (χ4n) is 3.31.